The largest absolute Gasteiger partial charge is 0.320 e. The van der Waals surface area contributed by atoms with Crippen molar-refractivity contribution in [3.63, 3.8) is 0 Å². The third-order valence-corrected chi connectivity index (χ3v) is 7.55. The molecule has 8 nitrogen and oxygen atoms in total. The Labute approximate surface area is 177 Å². The van der Waals surface area contributed by atoms with E-state index in [0.717, 1.165) is 25.5 Å². The van der Waals surface area contributed by atoms with Gasteiger partial charge in [0.1, 0.15) is 0 Å². The van der Waals surface area contributed by atoms with Gasteiger partial charge in [0.25, 0.3) is 5.91 Å². The molecule has 1 fully saturated rings. The molecule has 2 aromatic carbocycles. The normalized spacial score (nSPS) is 18.0. The van der Waals surface area contributed by atoms with Gasteiger partial charge in [-0.3, -0.25) is 9.52 Å². The summed E-state index contributed by atoms with van der Waals surface area (Å²) in [6.45, 7) is 2.40. The number of nitrogens with zero attached hydrogens (tertiary/aromatic N) is 1. The highest BCUT2D eigenvalue weighted by molar-refractivity contribution is 7.92. The summed E-state index contributed by atoms with van der Waals surface area (Å²) < 4.78 is 52.7. The molecule has 10 heteroatoms. The summed E-state index contributed by atoms with van der Waals surface area (Å²) >= 11 is 0. The number of benzene rings is 2. The summed E-state index contributed by atoms with van der Waals surface area (Å²) in [5.41, 5.74) is 0.799. The maximum Gasteiger partial charge on any atom is 0.255 e. The molecule has 2 aromatic rings. The highest BCUT2D eigenvalue weighted by Crippen LogP contribution is 2.26. The summed E-state index contributed by atoms with van der Waals surface area (Å²) in [5.74, 6) is -0.479. The Kier molecular flexibility index (Phi) is 6.49. The molecule has 1 amide bonds. The molecule has 2 N–H and O–H groups in total. The lowest BCUT2D eigenvalue weighted by Crippen LogP contribution is -2.41. The van der Waals surface area contributed by atoms with Crippen LogP contribution >= 0.6 is 0 Å². The van der Waals surface area contributed by atoms with Crippen LogP contribution < -0.4 is 10.0 Å². The van der Waals surface area contributed by atoms with Crippen molar-refractivity contribution in [3.8, 4) is 0 Å². The Bertz CT molecular complexity index is 1130. The molecule has 0 radical (unpaired) electrons. The number of carbonyl (C=O) groups excluding carboxylic acids is 1. The number of anilines is 2. The molecule has 0 aromatic heterocycles. The molecule has 1 atom stereocenters. The first-order valence-corrected chi connectivity index (χ1v) is 12.9. The number of carbonyl (C=O) groups is 1. The van der Waals surface area contributed by atoms with E-state index in [9.17, 15) is 21.6 Å². The van der Waals surface area contributed by atoms with Crippen LogP contribution in [0, 0.1) is 0 Å². The van der Waals surface area contributed by atoms with E-state index in [0.29, 0.717) is 12.2 Å². The highest BCUT2D eigenvalue weighted by atomic mass is 32.2. The number of sulfonamides is 2. The molecule has 0 aliphatic carbocycles. The molecule has 0 bridgehead atoms. The zero-order chi connectivity index (χ0) is 21.9. The van der Waals surface area contributed by atoms with E-state index in [1.807, 2.05) is 6.92 Å². The Hall–Kier alpha value is -2.43. The van der Waals surface area contributed by atoms with Gasteiger partial charge in [-0.2, -0.15) is 4.31 Å². The summed E-state index contributed by atoms with van der Waals surface area (Å²) in [6, 6.07) is 12.1. The first-order valence-electron chi connectivity index (χ1n) is 9.58. The van der Waals surface area contributed by atoms with Gasteiger partial charge < -0.3 is 5.32 Å². The van der Waals surface area contributed by atoms with Crippen LogP contribution in [-0.2, 0) is 20.0 Å². The van der Waals surface area contributed by atoms with E-state index in [1.54, 1.807) is 18.2 Å². The fraction of sp³-hybridized carbons (Fsp3) is 0.350. The average molecular weight is 452 g/mol. The lowest BCUT2D eigenvalue weighted by molar-refractivity contribution is 0.102. The summed E-state index contributed by atoms with van der Waals surface area (Å²) in [5, 5.41) is 2.65. The molecular weight excluding hydrogens is 426 g/mol. The highest BCUT2D eigenvalue weighted by Gasteiger charge is 2.30. The summed E-state index contributed by atoms with van der Waals surface area (Å²) in [7, 11) is -7.12. The van der Waals surface area contributed by atoms with E-state index in [1.165, 1.54) is 34.6 Å². The first kappa shape index (κ1) is 22.3. The van der Waals surface area contributed by atoms with Crippen LogP contribution in [-0.4, -0.2) is 45.9 Å². The van der Waals surface area contributed by atoms with Crippen LogP contribution in [0.25, 0.3) is 0 Å². The molecule has 1 aliphatic heterocycles. The molecule has 1 unspecified atom stereocenters. The van der Waals surface area contributed by atoms with E-state index in [2.05, 4.69) is 10.0 Å². The Morgan fingerprint density at radius 2 is 1.60 bits per heavy atom. The van der Waals surface area contributed by atoms with Gasteiger partial charge >= 0.3 is 0 Å². The quantitative estimate of drug-likeness (QED) is 0.701. The van der Waals surface area contributed by atoms with Crippen molar-refractivity contribution in [2.75, 3.05) is 22.8 Å². The van der Waals surface area contributed by atoms with E-state index < -0.39 is 26.0 Å². The topological polar surface area (TPSA) is 113 Å². The van der Waals surface area contributed by atoms with Gasteiger partial charge in [-0.05, 0) is 56.2 Å². The summed E-state index contributed by atoms with van der Waals surface area (Å²) in [6.07, 6.45) is 3.71. The van der Waals surface area contributed by atoms with Gasteiger partial charge in [0, 0.05) is 18.2 Å². The van der Waals surface area contributed by atoms with Crippen LogP contribution in [0.3, 0.4) is 0 Å². The molecule has 3 rings (SSSR count). The lowest BCUT2D eigenvalue weighted by Gasteiger charge is -2.32. The van der Waals surface area contributed by atoms with Crippen molar-refractivity contribution < 1.29 is 21.6 Å². The van der Waals surface area contributed by atoms with Crippen LogP contribution in [0.2, 0.25) is 0 Å². The minimum absolute atomic E-state index is 0.0504. The number of piperidine rings is 1. The molecule has 1 saturated heterocycles. The second kappa shape index (κ2) is 8.75. The smallest absolute Gasteiger partial charge is 0.255 e. The van der Waals surface area contributed by atoms with Gasteiger partial charge in [-0.1, -0.05) is 18.6 Å². The van der Waals surface area contributed by atoms with Crippen LogP contribution in [0.15, 0.2) is 53.4 Å². The van der Waals surface area contributed by atoms with Crippen molar-refractivity contribution in [2.24, 2.45) is 0 Å². The maximum absolute atomic E-state index is 12.9. The van der Waals surface area contributed by atoms with Crippen LogP contribution in [0.5, 0.6) is 0 Å². The van der Waals surface area contributed by atoms with Gasteiger partial charge in [0.2, 0.25) is 20.0 Å². The number of rotatable bonds is 6. The van der Waals surface area contributed by atoms with Crippen molar-refractivity contribution in [1.82, 2.24) is 4.31 Å². The number of nitrogens with one attached hydrogen (secondary N) is 2. The van der Waals surface area contributed by atoms with Crippen LogP contribution in [0.4, 0.5) is 11.4 Å². The monoisotopic (exact) mass is 451 g/mol. The molecule has 0 spiro atoms. The van der Waals surface area contributed by atoms with Gasteiger partial charge in [-0.15, -0.1) is 0 Å². The number of amides is 1. The second-order valence-electron chi connectivity index (χ2n) is 7.36. The zero-order valence-corrected chi connectivity index (χ0v) is 18.5. The molecule has 30 heavy (non-hydrogen) atoms. The maximum atomic E-state index is 12.9. The van der Waals surface area contributed by atoms with E-state index in [-0.39, 0.29) is 22.2 Å². The van der Waals surface area contributed by atoms with Gasteiger partial charge in [-0.25, -0.2) is 16.8 Å². The van der Waals surface area contributed by atoms with Gasteiger partial charge in [0.05, 0.1) is 22.5 Å². The zero-order valence-electron chi connectivity index (χ0n) is 16.8. The van der Waals surface area contributed by atoms with Crippen LogP contribution in [0.1, 0.15) is 36.5 Å². The fourth-order valence-corrected chi connectivity index (χ4v) is 5.69. The minimum Gasteiger partial charge on any atom is -0.320 e. The van der Waals surface area contributed by atoms with Crippen molar-refractivity contribution in [2.45, 2.75) is 37.1 Å². The number of para-hydroxylation sites is 2. The standard InChI is InChI=1S/C20H25N3O5S2/c1-15-7-5-6-14-23(15)30(27,28)17-12-10-16(11-13-17)20(24)21-18-8-3-4-9-19(18)22-29(2,25)26/h3-4,8-13,15,22H,5-7,14H2,1-2H3,(H,21,24). The van der Waals surface area contributed by atoms with E-state index in [4.69, 9.17) is 0 Å². The summed E-state index contributed by atoms with van der Waals surface area (Å²) in [4.78, 5) is 12.7. The van der Waals surface area contributed by atoms with Crippen molar-refractivity contribution in [1.29, 1.82) is 0 Å². The molecule has 0 saturated carbocycles. The molecule has 1 aliphatic rings. The predicted molar refractivity (Wildman–Crippen MR) is 117 cm³/mol. The molecule has 162 valence electrons. The third kappa shape index (κ3) is 5.18. The van der Waals surface area contributed by atoms with Crippen molar-refractivity contribution in [3.05, 3.63) is 54.1 Å². The number of hydrogen-bond donors (Lipinski definition) is 2. The Morgan fingerprint density at radius 3 is 2.20 bits per heavy atom. The lowest BCUT2D eigenvalue weighted by atomic mass is 10.1. The SMILES string of the molecule is CC1CCCCN1S(=O)(=O)c1ccc(C(=O)Nc2ccccc2NS(C)(=O)=O)cc1. The Balaban J connectivity index is 1.78. The molecule has 1 heterocycles. The fourth-order valence-electron chi connectivity index (χ4n) is 3.42. The predicted octanol–water partition coefficient (Wildman–Crippen LogP) is 2.87. The van der Waals surface area contributed by atoms with Crippen molar-refractivity contribution >= 4 is 37.3 Å². The van der Waals surface area contributed by atoms with E-state index >= 15 is 0 Å². The second-order valence-corrected chi connectivity index (χ2v) is 11.0. The van der Waals surface area contributed by atoms with Gasteiger partial charge in [0.15, 0.2) is 0 Å². The average Bonchev–Trinajstić information content (AvgIpc) is 2.68. The minimum atomic E-state index is -3.61. The Morgan fingerprint density at radius 1 is 0.967 bits per heavy atom. The molecular formula is C20H25N3O5S2. The third-order valence-electron chi connectivity index (χ3n) is 4.94. The number of hydrogen-bond acceptors (Lipinski definition) is 5. The first-order chi connectivity index (χ1) is 14.1.